The van der Waals surface area contributed by atoms with Gasteiger partial charge in [-0.05, 0) is 35.4 Å². The first-order valence-electron chi connectivity index (χ1n) is 7.52. The molecule has 0 aliphatic carbocycles. The molecule has 0 radical (unpaired) electrons. The van der Waals surface area contributed by atoms with Gasteiger partial charge in [-0.3, -0.25) is 0 Å². The third-order valence-electron chi connectivity index (χ3n) is 3.68. The Labute approximate surface area is 144 Å². The summed E-state index contributed by atoms with van der Waals surface area (Å²) < 4.78 is 29.4. The lowest BCUT2D eigenvalue weighted by Gasteiger charge is -2.01. The van der Waals surface area contributed by atoms with Gasteiger partial charge in [0.25, 0.3) is 0 Å². The minimum Gasteiger partial charge on any atom is -0.545 e. The molecule has 0 atom stereocenters. The molecule has 3 aromatic rings. The van der Waals surface area contributed by atoms with E-state index in [1.807, 2.05) is 0 Å². The molecule has 1 heterocycles. The van der Waals surface area contributed by atoms with Crippen LogP contribution in [0.5, 0.6) is 0 Å². The monoisotopic (exact) mass is 356 g/mol. The average Bonchev–Trinajstić information content (AvgIpc) is 3.02. The summed E-state index contributed by atoms with van der Waals surface area (Å²) in [6, 6.07) is 10.7. The SMILES string of the molecule is CCS(=O)(=O)c1ccc2oc(/C=C/c3ccc(C(=O)[O-])cc3)nc2c1. The van der Waals surface area contributed by atoms with Crippen LogP contribution in [-0.2, 0) is 9.84 Å². The highest BCUT2D eigenvalue weighted by atomic mass is 32.2. The summed E-state index contributed by atoms with van der Waals surface area (Å²) in [5.41, 5.74) is 1.81. The van der Waals surface area contributed by atoms with Gasteiger partial charge in [0.2, 0.25) is 5.89 Å². The maximum atomic E-state index is 11.9. The van der Waals surface area contributed by atoms with E-state index >= 15 is 0 Å². The number of hydrogen-bond acceptors (Lipinski definition) is 6. The van der Waals surface area contributed by atoms with Crippen LogP contribution in [0.3, 0.4) is 0 Å². The van der Waals surface area contributed by atoms with E-state index in [9.17, 15) is 18.3 Å². The summed E-state index contributed by atoms with van der Waals surface area (Å²) in [7, 11) is -3.30. The smallest absolute Gasteiger partial charge is 0.220 e. The summed E-state index contributed by atoms with van der Waals surface area (Å²) in [6.07, 6.45) is 3.34. The minimum absolute atomic E-state index is 0.0188. The number of fused-ring (bicyclic) bond motifs is 1. The fourth-order valence-corrected chi connectivity index (χ4v) is 3.15. The Morgan fingerprint density at radius 3 is 2.52 bits per heavy atom. The van der Waals surface area contributed by atoms with Gasteiger partial charge in [0.05, 0.1) is 16.6 Å². The van der Waals surface area contributed by atoms with E-state index in [0.29, 0.717) is 17.0 Å². The highest BCUT2D eigenvalue weighted by molar-refractivity contribution is 7.91. The molecule has 0 fully saturated rings. The summed E-state index contributed by atoms with van der Waals surface area (Å²) in [5.74, 6) is -0.886. The number of sulfone groups is 1. The Bertz CT molecular complexity index is 1060. The highest BCUT2D eigenvalue weighted by Gasteiger charge is 2.13. The zero-order chi connectivity index (χ0) is 18.0. The van der Waals surface area contributed by atoms with E-state index in [1.165, 1.54) is 24.3 Å². The maximum absolute atomic E-state index is 11.9. The van der Waals surface area contributed by atoms with E-state index in [2.05, 4.69) is 4.98 Å². The Balaban J connectivity index is 1.88. The highest BCUT2D eigenvalue weighted by Crippen LogP contribution is 2.22. The number of rotatable bonds is 5. The van der Waals surface area contributed by atoms with Crippen molar-refractivity contribution in [2.45, 2.75) is 11.8 Å². The van der Waals surface area contributed by atoms with Crippen molar-refractivity contribution in [1.82, 2.24) is 4.98 Å². The van der Waals surface area contributed by atoms with Gasteiger partial charge in [-0.1, -0.05) is 31.2 Å². The summed E-state index contributed by atoms with van der Waals surface area (Å²) in [4.78, 5) is 15.2. The van der Waals surface area contributed by atoms with Crippen LogP contribution in [0.2, 0.25) is 0 Å². The quantitative estimate of drug-likeness (QED) is 0.694. The van der Waals surface area contributed by atoms with Gasteiger partial charge < -0.3 is 14.3 Å². The van der Waals surface area contributed by atoms with Crippen LogP contribution in [0.25, 0.3) is 23.3 Å². The molecular weight excluding hydrogens is 342 g/mol. The van der Waals surface area contributed by atoms with Crippen LogP contribution in [0.4, 0.5) is 0 Å². The summed E-state index contributed by atoms with van der Waals surface area (Å²) in [5, 5.41) is 10.7. The van der Waals surface area contributed by atoms with Crippen LogP contribution in [0.1, 0.15) is 28.7 Å². The zero-order valence-electron chi connectivity index (χ0n) is 13.3. The van der Waals surface area contributed by atoms with Crippen molar-refractivity contribution in [3.63, 3.8) is 0 Å². The van der Waals surface area contributed by atoms with Gasteiger partial charge in [0.1, 0.15) is 5.52 Å². The first-order valence-corrected chi connectivity index (χ1v) is 9.17. The van der Waals surface area contributed by atoms with E-state index in [0.717, 1.165) is 5.56 Å². The molecule has 1 aromatic heterocycles. The Kier molecular flexibility index (Phi) is 4.41. The topological polar surface area (TPSA) is 100 Å². The number of nitrogens with zero attached hydrogens (tertiary/aromatic N) is 1. The van der Waals surface area contributed by atoms with E-state index < -0.39 is 15.8 Å². The van der Waals surface area contributed by atoms with Crippen molar-refractivity contribution >= 4 is 39.1 Å². The molecule has 0 saturated heterocycles. The third kappa shape index (κ3) is 3.61. The van der Waals surface area contributed by atoms with Crippen molar-refractivity contribution in [2.75, 3.05) is 5.75 Å². The number of oxazole rings is 1. The molecule has 0 aliphatic rings. The fraction of sp³-hybridized carbons (Fsp3) is 0.111. The van der Waals surface area contributed by atoms with E-state index in [-0.39, 0.29) is 16.2 Å². The molecular formula is C18H14NO5S-. The van der Waals surface area contributed by atoms with E-state index in [4.69, 9.17) is 4.42 Å². The van der Waals surface area contributed by atoms with Crippen molar-refractivity contribution in [1.29, 1.82) is 0 Å². The minimum atomic E-state index is -3.30. The van der Waals surface area contributed by atoms with Gasteiger partial charge in [-0.25, -0.2) is 13.4 Å². The standard InChI is InChI=1S/C18H15NO5S/c1-2-25(22,23)14-8-9-16-15(11-14)19-17(24-16)10-5-12-3-6-13(7-4-12)18(20)21/h3-11H,2H2,1H3,(H,20,21)/p-1/b10-5+. The molecule has 0 spiro atoms. The van der Waals surface area contributed by atoms with E-state index in [1.54, 1.807) is 37.3 Å². The number of carbonyl (C=O) groups is 1. The van der Waals surface area contributed by atoms with Crippen molar-refractivity contribution in [3.05, 3.63) is 59.5 Å². The molecule has 0 saturated carbocycles. The molecule has 0 aliphatic heterocycles. The molecule has 0 amide bonds. The van der Waals surface area contributed by atoms with Gasteiger partial charge >= 0.3 is 0 Å². The number of aromatic carboxylic acids is 1. The number of carbonyl (C=O) groups excluding carboxylic acids is 1. The zero-order valence-corrected chi connectivity index (χ0v) is 14.1. The van der Waals surface area contributed by atoms with Crippen molar-refractivity contribution < 1.29 is 22.7 Å². The third-order valence-corrected chi connectivity index (χ3v) is 5.41. The molecule has 0 unspecified atom stereocenters. The van der Waals surface area contributed by atoms with Crippen LogP contribution < -0.4 is 5.11 Å². The second kappa shape index (κ2) is 6.52. The first kappa shape index (κ1) is 16.9. The van der Waals surface area contributed by atoms with Crippen LogP contribution >= 0.6 is 0 Å². The fourth-order valence-electron chi connectivity index (χ4n) is 2.25. The van der Waals surface area contributed by atoms with Gasteiger partial charge in [-0.15, -0.1) is 0 Å². The van der Waals surface area contributed by atoms with Gasteiger partial charge in [0.15, 0.2) is 15.4 Å². The number of benzene rings is 2. The van der Waals surface area contributed by atoms with Gasteiger partial charge in [-0.2, -0.15) is 0 Å². The van der Waals surface area contributed by atoms with Crippen LogP contribution in [0.15, 0.2) is 51.8 Å². The lowest BCUT2D eigenvalue weighted by atomic mass is 10.1. The Morgan fingerprint density at radius 2 is 1.88 bits per heavy atom. The van der Waals surface area contributed by atoms with Crippen LogP contribution in [0, 0.1) is 0 Å². The number of hydrogen-bond donors (Lipinski definition) is 0. The average molecular weight is 356 g/mol. The molecule has 128 valence electrons. The predicted octanol–water partition coefficient (Wildman–Crippen LogP) is 2.16. The van der Waals surface area contributed by atoms with Crippen molar-refractivity contribution in [3.8, 4) is 0 Å². The summed E-state index contributed by atoms with van der Waals surface area (Å²) >= 11 is 0. The predicted molar refractivity (Wildman–Crippen MR) is 91.4 cm³/mol. The molecule has 6 nitrogen and oxygen atoms in total. The molecule has 2 aromatic carbocycles. The Hall–Kier alpha value is -2.93. The molecule has 0 N–H and O–H groups in total. The maximum Gasteiger partial charge on any atom is 0.220 e. The van der Waals surface area contributed by atoms with Crippen molar-refractivity contribution in [2.24, 2.45) is 0 Å². The lowest BCUT2D eigenvalue weighted by Crippen LogP contribution is -2.21. The molecule has 7 heteroatoms. The van der Waals surface area contributed by atoms with Crippen LogP contribution in [-0.4, -0.2) is 25.1 Å². The lowest BCUT2D eigenvalue weighted by molar-refractivity contribution is -0.255. The normalized spacial score (nSPS) is 12.0. The molecule has 3 rings (SSSR count). The summed E-state index contributed by atoms with van der Waals surface area (Å²) in [6.45, 7) is 1.59. The first-order chi connectivity index (χ1) is 11.9. The largest absolute Gasteiger partial charge is 0.545 e. The number of carboxylic acid groups (broad SMARTS) is 1. The van der Waals surface area contributed by atoms with Gasteiger partial charge in [0, 0.05) is 6.08 Å². The number of aromatic nitrogens is 1. The molecule has 0 bridgehead atoms. The second-order valence-electron chi connectivity index (χ2n) is 5.33. The second-order valence-corrected chi connectivity index (χ2v) is 7.61. The molecule has 25 heavy (non-hydrogen) atoms. The Morgan fingerprint density at radius 1 is 1.16 bits per heavy atom. The number of carboxylic acids is 1.